The van der Waals surface area contributed by atoms with E-state index in [2.05, 4.69) is 93.7 Å². The molecule has 1 unspecified atom stereocenters. The Balaban J connectivity index is 0.000000300. The molecule has 1 amide bonds. The topological polar surface area (TPSA) is 68.5 Å². The fourth-order valence-electron chi connectivity index (χ4n) is 5.64. The second-order valence-corrected chi connectivity index (χ2v) is 14.9. The van der Waals surface area contributed by atoms with Gasteiger partial charge in [0, 0.05) is 89.2 Å². The molecule has 3 rings (SSSR count). The number of nitrogens with zero attached hydrogens (tertiary/aromatic N) is 5. The van der Waals surface area contributed by atoms with Gasteiger partial charge in [0.25, 0.3) is 0 Å². The van der Waals surface area contributed by atoms with E-state index in [1.807, 2.05) is 0 Å². The van der Waals surface area contributed by atoms with E-state index in [9.17, 15) is 4.79 Å². The molecule has 0 spiro atoms. The third kappa shape index (κ3) is 14.4. The van der Waals surface area contributed by atoms with Crippen LogP contribution in [0.4, 0.5) is 0 Å². The van der Waals surface area contributed by atoms with Crippen LogP contribution in [0.25, 0.3) is 0 Å². The normalized spacial score (nSPS) is 23.1. The van der Waals surface area contributed by atoms with Gasteiger partial charge in [0.1, 0.15) is 0 Å². The fraction of sp³-hybridized carbons (Fsp3) is 0.969. The Bertz CT molecular complexity index is 681. The fourth-order valence-corrected chi connectivity index (χ4v) is 5.64. The first-order valence-corrected chi connectivity index (χ1v) is 16.0. The maximum atomic E-state index is 11.0. The number of piperazine rings is 2. The number of carbonyl (C=O) groups is 1. The number of methoxy groups -OCH3 is 1. The number of primary amides is 1. The molecule has 0 aliphatic carbocycles. The maximum absolute atomic E-state index is 11.0. The van der Waals surface area contributed by atoms with Gasteiger partial charge in [-0.2, -0.15) is 0 Å². The predicted molar refractivity (Wildman–Crippen MR) is 171 cm³/mol. The maximum Gasteiger partial charge on any atom is 0.221 e. The van der Waals surface area contributed by atoms with Crippen molar-refractivity contribution < 1.29 is 9.53 Å². The Kier molecular flexibility index (Phi) is 16.2. The highest BCUT2D eigenvalue weighted by molar-refractivity contribution is 5.76. The van der Waals surface area contributed by atoms with Crippen LogP contribution in [0.3, 0.4) is 0 Å². The van der Waals surface area contributed by atoms with Gasteiger partial charge in [0.15, 0.2) is 0 Å². The van der Waals surface area contributed by atoms with Gasteiger partial charge in [-0.15, -0.1) is 0 Å². The minimum atomic E-state index is -0.144. The molecule has 0 aromatic carbocycles. The molecule has 8 heteroatoms. The Morgan fingerprint density at radius 3 is 1.48 bits per heavy atom. The molecule has 238 valence electrons. The van der Waals surface area contributed by atoms with Crippen molar-refractivity contribution in [2.75, 3.05) is 92.3 Å². The monoisotopic (exact) mass is 569 g/mol. The van der Waals surface area contributed by atoms with Gasteiger partial charge in [-0.1, -0.05) is 6.92 Å². The summed E-state index contributed by atoms with van der Waals surface area (Å²) in [6, 6.07) is 0. The number of hydrogen-bond acceptors (Lipinski definition) is 7. The number of hydrogen-bond donors (Lipinski definition) is 1. The van der Waals surface area contributed by atoms with Gasteiger partial charge in [0.05, 0.1) is 12.5 Å². The first-order chi connectivity index (χ1) is 18.5. The third-order valence-electron chi connectivity index (χ3n) is 8.57. The molecule has 0 radical (unpaired) electrons. The highest BCUT2D eigenvalue weighted by Crippen LogP contribution is 2.23. The Morgan fingerprint density at radius 2 is 1.12 bits per heavy atom. The van der Waals surface area contributed by atoms with E-state index in [0.29, 0.717) is 11.1 Å². The molecule has 3 aliphatic heterocycles. The molecule has 3 saturated heterocycles. The van der Waals surface area contributed by atoms with E-state index in [1.54, 1.807) is 7.11 Å². The van der Waals surface area contributed by atoms with Crippen LogP contribution < -0.4 is 5.73 Å². The van der Waals surface area contributed by atoms with E-state index >= 15 is 0 Å². The molecule has 0 aromatic heterocycles. The summed E-state index contributed by atoms with van der Waals surface area (Å²) >= 11 is 0. The average molecular weight is 569 g/mol. The molecule has 0 saturated carbocycles. The standard InChI is InChI=1S/C11H24N2O.C11H24N2.C10H20N2O/c1-11(2,3)13-7-5-12(6-8-13)9-10-14-4;1-5-6-12-7-9-13(10-8-12)11(2,3)4;1-10(2,3)12-6-4-5-8(7-12)9(11)13/h5-10H2,1-4H3;5-10H2,1-4H3;8H,4-7H2,1-3H3,(H2,11,13). The molecule has 3 fully saturated rings. The minimum absolute atomic E-state index is 0.0629. The lowest BCUT2D eigenvalue weighted by Crippen LogP contribution is -2.53. The van der Waals surface area contributed by atoms with Crippen LogP contribution >= 0.6 is 0 Å². The van der Waals surface area contributed by atoms with E-state index in [-0.39, 0.29) is 17.4 Å². The molecule has 3 aliphatic rings. The first-order valence-electron chi connectivity index (χ1n) is 16.0. The minimum Gasteiger partial charge on any atom is -0.383 e. The summed E-state index contributed by atoms with van der Waals surface area (Å²) in [5.74, 6) is -0.0816. The van der Waals surface area contributed by atoms with Crippen molar-refractivity contribution in [2.45, 2.75) is 105 Å². The van der Waals surface area contributed by atoms with Crippen LogP contribution in [0.2, 0.25) is 0 Å². The lowest BCUT2D eigenvalue weighted by Gasteiger charge is -2.42. The van der Waals surface area contributed by atoms with Gasteiger partial charge >= 0.3 is 0 Å². The second kappa shape index (κ2) is 17.4. The number of amides is 1. The molecule has 0 aromatic rings. The van der Waals surface area contributed by atoms with Crippen molar-refractivity contribution in [1.82, 2.24) is 24.5 Å². The zero-order chi connectivity index (χ0) is 30.6. The third-order valence-corrected chi connectivity index (χ3v) is 8.57. The molecular formula is C32H68N6O2. The first kappa shape index (κ1) is 37.3. The zero-order valence-corrected chi connectivity index (χ0v) is 28.5. The van der Waals surface area contributed by atoms with Crippen molar-refractivity contribution in [1.29, 1.82) is 0 Å². The lowest BCUT2D eigenvalue weighted by molar-refractivity contribution is -0.124. The quantitative estimate of drug-likeness (QED) is 0.522. The van der Waals surface area contributed by atoms with Crippen molar-refractivity contribution in [3.63, 3.8) is 0 Å². The summed E-state index contributed by atoms with van der Waals surface area (Å²) in [6.07, 6.45) is 3.34. The van der Waals surface area contributed by atoms with Crippen LogP contribution in [0.5, 0.6) is 0 Å². The summed E-state index contributed by atoms with van der Waals surface area (Å²) in [6.45, 7) is 37.4. The van der Waals surface area contributed by atoms with Crippen LogP contribution in [0.15, 0.2) is 0 Å². The van der Waals surface area contributed by atoms with Crippen molar-refractivity contribution >= 4 is 5.91 Å². The SMILES string of the molecule is CC(C)(C)N1CCCC(C(N)=O)C1.CCCN1CCN(C(C)(C)C)CC1.COCCN1CCN(C(C)(C)C)CC1. The number of carbonyl (C=O) groups excluding carboxylic acids is 1. The van der Waals surface area contributed by atoms with Crippen LogP contribution in [-0.4, -0.2) is 139 Å². The Labute approximate surface area is 248 Å². The van der Waals surface area contributed by atoms with Crippen molar-refractivity contribution in [2.24, 2.45) is 11.7 Å². The number of likely N-dealkylation sites (tertiary alicyclic amines) is 1. The van der Waals surface area contributed by atoms with Gasteiger partial charge in [-0.05, 0) is 94.7 Å². The van der Waals surface area contributed by atoms with Crippen LogP contribution in [0, 0.1) is 5.92 Å². The second-order valence-electron chi connectivity index (χ2n) is 14.9. The van der Waals surface area contributed by atoms with E-state index in [0.717, 1.165) is 39.1 Å². The average Bonchev–Trinajstić information content (AvgIpc) is 2.87. The molecular weight excluding hydrogens is 500 g/mol. The zero-order valence-electron chi connectivity index (χ0n) is 28.5. The number of piperidine rings is 1. The van der Waals surface area contributed by atoms with Gasteiger partial charge in [0.2, 0.25) is 5.91 Å². The van der Waals surface area contributed by atoms with Crippen LogP contribution in [0.1, 0.15) is 88.5 Å². The lowest BCUT2D eigenvalue weighted by atomic mass is 9.93. The Morgan fingerprint density at radius 1 is 0.700 bits per heavy atom. The largest absolute Gasteiger partial charge is 0.383 e. The van der Waals surface area contributed by atoms with Gasteiger partial charge in [-0.25, -0.2) is 0 Å². The summed E-state index contributed by atoms with van der Waals surface area (Å²) in [5, 5.41) is 0. The van der Waals surface area contributed by atoms with Gasteiger partial charge in [-0.3, -0.25) is 24.4 Å². The van der Waals surface area contributed by atoms with Crippen molar-refractivity contribution in [3.8, 4) is 0 Å². The summed E-state index contributed by atoms with van der Waals surface area (Å²) < 4.78 is 5.08. The van der Waals surface area contributed by atoms with E-state index in [1.165, 1.54) is 65.3 Å². The number of nitrogens with two attached hydrogens (primary N) is 1. The summed E-state index contributed by atoms with van der Waals surface area (Å²) in [4.78, 5) is 23.5. The number of rotatable bonds is 6. The molecule has 8 nitrogen and oxygen atoms in total. The smallest absolute Gasteiger partial charge is 0.221 e. The summed E-state index contributed by atoms with van der Waals surface area (Å²) in [7, 11) is 1.77. The highest BCUT2D eigenvalue weighted by atomic mass is 16.5. The van der Waals surface area contributed by atoms with Crippen molar-refractivity contribution in [3.05, 3.63) is 0 Å². The molecule has 40 heavy (non-hydrogen) atoms. The van der Waals surface area contributed by atoms with E-state index < -0.39 is 0 Å². The summed E-state index contributed by atoms with van der Waals surface area (Å²) in [5.41, 5.74) is 6.15. The van der Waals surface area contributed by atoms with E-state index in [4.69, 9.17) is 10.5 Å². The molecule has 3 heterocycles. The van der Waals surface area contributed by atoms with Crippen LogP contribution in [-0.2, 0) is 9.53 Å². The highest BCUT2D eigenvalue weighted by Gasteiger charge is 2.30. The Hall–Kier alpha value is -0.770. The number of ether oxygens (including phenoxy) is 1. The van der Waals surface area contributed by atoms with Gasteiger partial charge < -0.3 is 15.4 Å². The molecule has 0 bridgehead atoms. The molecule has 1 atom stereocenters. The molecule has 2 N–H and O–H groups in total. The predicted octanol–water partition coefficient (Wildman–Crippen LogP) is 3.84.